The van der Waals surface area contributed by atoms with E-state index in [0.29, 0.717) is 10.7 Å². The zero-order valence-corrected chi connectivity index (χ0v) is 23.8. The van der Waals surface area contributed by atoms with Crippen molar-refractivity contribution in [2.45, 2.75) is 46.3 Å². The van der Waals surface area contributed by atoms with Gasteiger partial charge < -0.3 is 14.0 Å². The molecule has 0 aliphatic carbocycles. The predicted octanol–water partition coefficient (Wildman–Crippen LogP) is 7.29. The van der Waals surface area contributed by atoms with Gasteiger partial charge >= 0.3 is 5.97 Å². The van der Waals surface area contributed by atoms with E-state index in [1.807, 2.05) is 81.9 Å². The zero-order valence-electron chi connectivity index (χ0n) is 22.2. The number of carbonyl (C=O) groups excluding carboxylic acids is 1. The van der Waals surface area contributed by atoms with Gasteiger partial charge in [0.05, 0.1) is 28.6 Å². The Morgan fingerprint density at radius 3 is 2.55 bits per heavy atom. The molecule has 0 aliphatic heterocycles. The minimum absolute atomic E-state index is 0.256. The summed E-state index contributed by atoms with van der Waals surface area (Å²) in [6.45, 7) is 9.81. The summed E-state index contributed by atoms with van der Waals surface area (Å²) in [6.07, 6.45) is 2.77. The van der Waals surface area contributed by atoms with Crippen LogP contribution in [0.25, 0.3) is 43.2 Å². The number of carbonyl (C=O) groups is 1. The molecule has 3 aromatic heterocycles. The highest BCUT2D eigenvalue weighted by Crippen LogP contribution is 2.44. The first kappa shape index (κ1) is 26.3. The molecule has 7 nitrogen and oxygen atoms in total. The van der Waals surface area contributed by atoms with Crippen LogP contribution in [-0.4, -0.2) is 37.7 Å². The third-order valence-corrected chi connectivity index (χ3v) is 7.45. The number of thiazole rings is 1. The molecule has 0 fully saturated rings. The molecule has 5 rings (SSSR count). The lowest BCUT2D eigenvalue weighted by Gasteiger charge is -2.29. The topological polar surface area (TPSA) is 79.1 Å². The lowest BCUT2D eigenvalue weighted by molar-refractivity contribution is -0.166. The highest BCUT2D eigenvalue weighted by Gasteiger charge is 2.33. The number of hydrogen-bond donors (Lipinski definition) is 0. The Bertz CT molecular complexity index is 1650. The molecule has 3 heterocycles. The van der Waals surface area contributed by atoms with E-state index in [0.717, 1.165) is 48.6 Å². The molecule has 0 saturated heterocycles. The maximum absolute atomic E-state index is 13.3. The van der Waals surface area contributed by atoms with Gasteiger partial charge in [-0.05, 0) is 70.0 Å². The van der Waals surface area contributed by atoms with Gasteiger partial charge in [0, 0.05) is 29.4 Å². The fourth-order valence-corrected chi connectivity index (χ4v) is 5.70. The van der Waals surface area contributed by atoms with Crippen LogP contribution in [0.2, 0.25) is 5.02 Å². The van der Waals surface area contributed by atoms with Gasteiger partial charge in [-0.3, -0.25) is 0 Å². The van der Waals surface area contributed by atoms with E-state index in [2.05, 4.69) is 4.98 Å². The van der Waals surface area contributed by atoms with Crippen molar-refractivity contribution in [3.05, 3.63) is 64.9 Å². The molecule has 0 spiro atoms. The van der Waals surface area contributed by atoms with E-state index in [-0.39, 0.29) is 6.61 Å². The fraction of sp³-hybridized carbons (Fsp3) is 0.310. The molecule has 38 heavy (non-hydrogen) atoms. The Morgan fingerprint density at radius 2 is 1.87 bits per heavy atom. The summed E-state index contributed by atoms with van der Waals surface area (Å²) in [5.41, 5.74) is 5.95. The molecular formula is C29H29ClN4O3S. The summed E-state index contributed by atoms with van der Waals surface area (Å²) in [7, 11) is 1.94. The summed E-state index contributed by atoms with van der Waals surface area (Å²) in [4.78, 5) is 27.6. The summed E-state index contributed by atoms with van der Waals surface area (Å²) in [5.74, 6) is -0.426. The highest BCUT2D eigenvalue weighted by atomic mass is 35.5. The van der Waals surface area contributed by atoms with Crippen LogP contribution in [0.3, 0.4) is 0 Å². The van der Waals surface area contributed by atoms with Crippen molar-refractivity contribution < 1.29 is 14.3 Å². The average molecular weight is 549 g/mol. The lowest BCUT2D eigenvalue weighted by Crippen LogP contribution is -2.29. The lowest BCUT2D eigenvalue weighted by atomic mass is 9.91. The summed E-state index contributed by atoms with van der Waals surface area (Å²) < 4.78 is 14.7. The van der Waals surface area contributed by atoms with Gasteiger partial charge in [-0.25, -0.2) is 19.7 Å². The highest BCUT2D eigenvalue weighted by molar-refractivity contribution is 7.22. The predicted molar refractivity (Wildman–Crippen MR) is 153 cm³/mol. The second-order valence-corrected chi connectivity index (χ2v) is 11.5. The summed E-state index contributed by atoms with van der Waals surface area (Å²) in [6, 6.07) is 11.5. The molecule has 0 bridgehead atoms. The Morgan fingerprint density at radius 1 is 1.13 bits per heavy atom. The molecule has 0 saturated carbocycles. The molecule has 0 amide bonds. The Hall–Kier alpha value is -3.33. The summed E-state index contributed by atoms with van der Waals surface area (Å²) >= 11 is 7.75. The minimum Gasteiger partial charge on any atom is -0.464 e. The minimum atomic E-state index is -0.920. The van der Waals surface area contributed by atoms with Crippen molar-refractivity contribution in [3.63, 3.8) is 0 Å². The van der Waals surface area contributed by atoms with Crippen LogP contribution in [0.1, 0.15) is 44.9 Å². The van der Waals surface area contributed by atoms with Gasteiger partial charge in [0.2, 0.25) is 0 Å². The number of benzene rings is 2. The third-order valence-electron chi connectivity index (χ3n) is 6.08. The molecular weight excluding hydrogens is 520 g/mol. The van der Waals surface area contributed by atoms with Crippen molar-refractivity contribution in [1.29, 1.82) is 0 Å². The van der Waals surface area contributed by atoms with E-state index in [1.165, 1.54) is 11.3 Å². The second kappa shape index (κ2) is 10.1. The van der Waals surface area contributed by atoms with Crippen LogP contribution in [0.15, 0.2) is 48.8 Å². The Labute approximate surface area is 230 Å². The Kier molecular flexibility index (Phi) is 6.98. The van der Waals surface area contributed by atoms with Gasteiger partial charge in [0.1, 0.15) is 16.2 Å². The molecule has 0 N–H and O–H groups in total. The van der Waals surface area contributed by atoms with Crippen molar-refractivity contribution in [2.75, 3.05) is 6.61 Å². The number of esters is 1. The van der Waals surface area contributed by atoms with Crippen molar-refractivity contribution in [3.8, 4) is 21.8 Å². The van der Waals surface area contributed by atoms with Crippen LogP contribution in [-0.2, 0) is 21.3 Å². The van der Waals surface area contributed by atoms with Gasteiger partial charge in [0.25, 0.3) is 0 Å². The largest absolute Gasteiger partial charge is 0.464 e. The van der Waals surface area contributed by atoms with Crippen molar-refractivity contribution in [2.24, 2.45) is 7.05 Å². The first-order valence-electron chi connectivity index (χ1n) is 12.4. The third kappa shape index (κ3) is 5.04. The number of nitrogens with zero attached hydrogens (tertiary/aromatic N) is 4. The quantitative estimate of drug-likeness (QED) is 0.207. The molecule has 1 atom stereocenters. The zero-order chi connectivity index (χ0) is 27.2. The van der Waals surface area contributed by atoms with Crippen LogP contribution < -0.4 is 0 Å². The van der Waals surface area contributed by atoms with Gasteiger partial charge in [0.15, 0.2) is 11.8 Å². The monoisotopic (exact) mass is 548 g/mol. The van der Waals surface area contributed by atoms with Crippen LogP contribution >= 0.6 is 22.9 Å². The number of aromatic nitrogens is 4. The summed E-state index contributed by atoms with van der Waals surface area (Å²) in [5, 5.41) is 1.37. The number of aryl methyl sites for hydroxylation is 2. The smallest absolute Gasteiger partial charge is 0.339 e. The first-order chi connectivity index (χ1) is 18.1. The van der Waals surface area contributed by atoms with E-state index < -0.39 is 17.7 Å². The van der Waals surface area contributed by atoms with E-state index in [4.69, 9.17) is 31.0 Å². The first-order valence-corrected chi connectivity index (χ1v) is 13.6. The van der Waals surface area contributed by atoms with E-state index >= 15 is 0 Å². The van der Waals surface area contributed by atoms with Crippen LogP contribution in [0.4, 0.5) is 0 Å². The molecule has 2 aromatic carbocycles. The molecule has 5 aromatic rings. The number of halogens is 1. The maximum atomic E-state index is 13.3. The number of rotatable bonds is 6. The van der Waals surface area contributed by atoms with E-state index in [1.54, 1.807) is 13.1 Å². The van der Waals surface area contributed by atoms with Crippen LogP contribution in [0.5, 0.6) is 0 Å². The maximum Gasteiger partial charge on any atom is 0.339 e. The molecule has 0 aliphatic rings. The number of fused-ring (bicyclic) bond motifs is 2. The molecule has 0 unspecified atom stereocenters. The number of hydrogen-bond acceptors (Lipinski definition) is 7. The van der Waals surface area contributed by atoms with Gasteiger partial charge in [-0.15, -0.1) is 11.3 Å². The standard InChI is InChI=1S/C29H29ClN4O3S/c1-7-36-28(35)24(37-29(3,4)5)22-16(2)14-20-25(23(22)17-8-10-18(30)11-9-17)38-27(33-20)21-15-31-26-19(32-21)12-13-34(26)6/h8-15,24H,7H2,1-6H3/t24-/m0/s1. The number of ether oxygens (including phenoxy) is 2. The normalized spacial score (nSPS) is 12.8. The fourth-order valence-electron chi connectivity index (χ4n) is 4.49. The molecule has 9 heteroatoms. The van der Waals surface area contributed by atoms with Gasteiger partial charge in [-0.2, -0.15) is 0 Å². The molecule has 0 radical (unpaired) electrons. The van der Waals surface area contributed by atoms with Crippen molar-refractivity contribution in [1.82, 2.24) is 19.5 Å². The van der Waals surface area contributed by atoms with E-state index in [9.17, 15) is 4.79 Å². The second-order valence-electron chi connectivity index (χ2n) is 10.1. The Balaban J connectivity index is 1.77. The average Bonchev–Trinajstić information content (AvgIpc) is 3.45. The van der Waals surface area contributed by atoms with Gasteiger partial charge in [-0.1, -0.05) is 23.7 Å². The van der Waals surface area contributed by atoms with Crippen molar-refractivity contribution >= 4 is 50.3 Å². The molecule has 196 valence electrons. The van der Waals surface area contributed by atoms with Crippen LogP contribution in [0, 0.1) is 6.92 Å². The SMILES string of the molecule is CCOC(=O)[C@@H](OC(C)(C)C)c1c(C)cc2nc(-c3cnc4c(ccn4C)n3)sc2c1-c1ccc(Cl)cc1.